The van der Waals surface area contributed by atoms with Crippen LogP contribution >= 0.6 is 12.2 Å². The molecule has 94 valence electrons. The van der Waals surface area contributed by atoms with Crippen molar-refractivity contribution >= 4 is 17.3 Å². The number of nitrogens with one attached hydrogen (secondary N) is 2. The van der Waals surface area contributed by atoms with E-state index in [-0.39, 0.29) is 0 Å². The first-order valence-electron chi connectivity index (χ1n) is 6.26. The van der Waals surface area contributed by atoms with E-state index in [0.29, 0.717) is 5.41 Å². The van der Waals surface area contributed by atoms with Gasteiger partial charge in [-0.05, 0) is 43.8 Å². The van der Waals surface area contributed by atoms with E-state index >= 15 is 0 Å². The van der Waals surface area contributed by atoms with Gasteiger partial charge in [-0.3, -0.25) is 0 Å². The van der Waals surface area contributed by atoms with Crippen molar-refractivity contribution in [1.82, 2.24) is 10.6 Å². The van der Waals surface area contributed by atoms with E-state index in [0.717, 1.165) is 37.8 Å². The molecule has 1 aliphatic rings. The Morgan fingerprint density at radius 1 is 1.38 bits per heavy atom. The molecule has 0 aliphatic heterocycles. The van der Waals surface area contributed by atoms with E-state index in [1.165, 1.54) is 19.3 Å². The molecular formula is C12H24N2OS. The maximum atomic E-state index is 5.25. The minimum atomic E-state index is 0.483. The van der Waals surface area contributed by atoms with Gasteiger partial charge >= 0.3 is 0 Å². The summed E-state index contributed by atoms with van der Waals surface area (Å²) in [7, 11) is 0. The van der Waals surface area contributed by atoms with Gasteiger partial charge in [0, 0.05) is 26.3 Å². The maximum absolute atomic E-state index is 5.25. The van der Waals surface area contributed by atoms with Crippen LogP contribution in [0.4, 0.5) is 0 Å². The topological polar surface area (TPSA) is 33.3 Å². The largest absolute Gasteiger partial charge is 0.382 e. The summed E-state index contributed by atoms with van der Waals surface area (Å²) in [5, 5.41) is 7.28. The average Bonchev–Trinajstić information content (AvgIpc) is 2.23. The number of thiocarbonyl (C=S) groups is 1. The Labute approximate surface area is 104 Å². The normalized spacial score (nSPS) is 17.6. The summed E-state index contributed by atoms with van der Waals surface area (Å²) in [6.45, 7) is 7.83. The van der Waals surface area contributed by atoms with Crippen LogP contribution in [-0.2, 0) is 4.74 Å². The molecule has 0 aromatic rings. The lowest BCUT2D eigenvalue weighted by atomic mass is 9.70. The predicted molar refractivity (Wildman–Crippen MR) is 71.7 cm³/mol. The molecule has 1 aliphatic carbocycles. The Bertz CT molecular complexity index is 217. The maximum Gasteiger partial charge on any atom is 0.166 e. The predicted octanol–water partition coefficient (Wildman–Crippen LogP) is 2.07. The van der Waals surface area contributed by atoms with E-state index in [4.69, 9.17) is 17.0 Å². The van der Waals surface area contributed by atoms with Crippen molar-refractivity contribution in [2.24, 2.45) is 5.41 Å². The summed E-state index contributed by atoms with van der Waals surface area (Å²) >= 11 is 5.21. The fourth-order valence-electron chi connectivity index (χ4n) is 1.83. The van der Waals surface area contributed by atoms with E-state index in [1.54, 1.807) is 0 Å². The van der Waals surface area contributed by atoms with Crippen molar-refractivity contribution in [3.63, 3.8) is 0 Å². The fraction of sp³-hybridized carbons (Fsp3) is 0.917. The van der Waals surface area contributed by atoms with Crippen molar-refractivity contribution in [2.45, 2.75) is 39.5 Å². The highest BCUT2D eigenvalue weighted by atomic mass is 32.1. The SMILES string of the molecule is CCOCCCNC(=S)NCC1(C)CCC1. The van der Waals surface area contributed by atoms with Gasteiger partial charge in [-0.1, -0.05) is 13.3 Å². The van der Waals surface area contributed by atoms with Gasteiger partial charge in [-0.2, -0.15) is 0 Å². The van der Waals surface area contributed by atoms with Gasteiger partial charge in [-0.25, -0.2) is 0 Å². The Hall–Kier alpha value is -0.350. The molecule has 1 saturated carbocycles. The third kappa shape index (κ3) is 5.12. The van der Waals surface area contributed by atoms with Crippen LogP contribution in [0.1, 0.15) is 39.5 Å². The van der Waals surface area contributed by atoms with Crippen molar-refractivity contribution in [1.29, 1.82) is 0 Å². The van der Waals surface area contributed by atoms with E-state index in [9.17, 15) is 0 Å². The van der Waals surface area contributed by atoms with Crippen LogP contribution in [0.25, 0.3) is 0 Å². The van der Waals surface area contributed by atoms with Gasteiger partial charge in [0.1, 0.15) is 0 Å². The Balaban J connectivity index is 1.94. The molecule has 4 heteroatoms. The number of hydrogen-bond acceptors (Lipinski definition) is 2. The molecule has 0 heterocycles. The summed E-state index contributed by atoms with van der Waals surface area (Å²) in [5.74, 6) is 0. The Kier molecular flexibility index (Phi) is 6.06. The second kappa shape index (κ2) is 7.07. The smallest absolute Gasteiger partial charge is 0.166 e. The Morgan fingerprint density at radius 2 is 2.12 bits per heavy atom. The molecular weight excluding hydrogens is 220 g/mol. The summed E-state index contributed by atoms with van der Waals surface area (Å²) in [6.07, 6.45) is 5.03. The number of rotatable bonds is 7. The zero-order chi connectivity index (χ0) is 11.9. The first-order chi connectivity index (χ1) is 7.66. The molecule has 0 radical (unpaired) electrons. The summed E-state index contributed by atoms with van der Waals surface area (Å²) in [5.41, 5.74) is 0.483. The molecule has 0 bridgehead atoms. The molecule has 0 amide bonds. The average molecular weight is 244 g/mol. The van der Waals surface area contributed by atoms with E-state index < -0.39 is 0 Å². The van der Waals surface area contributed by atoms with Crippen LogP contribution in [0.5, 0.6) is 0 Å². The second-order valence-corrected chi connectivity index (χ2v) is 5.23. The monoisotopic (exact) mass is 244 g/mol. The molecule has 1 fully saturated rings. The molecule has 0 aromatic heterocycles. The van der Waals surface area contributed by atoms with E-state index in [2.05, 4.69) is 17.6 Å². The van der Waals surface area contributed by atoms with Crippen LogP contribution in [0.3, 0.4) is 0 Å². The quantitative estimate of drug-likeness (QED) is 0.530. The lowest BCUT2D eigenvalue weighted by molar-refractivity contribution is 0.145. The third-order valence-electron chi connectivity index (χ3n) is 3.19. The van der Waals surface area contributed by atoms with Gasteiger partial charge in [0.15, 0.2) is 5.11 Å². The van der Waals surface area contributed by atoms with Crippen LogP contribution < -0.4 is 10.6 Å². The molecule has 0 aromatic carbocycles. The van der Waals surface area contributed by atoms with Crippen molar-refractivity contribution in [2.75, 3.05) is 26.3 Å². The third-order valence-corrected chi connectivity index (χ3v) is 3.48. The van der Waals surface area contributed by atoms with Crippen molar-refractivity contribution in [3.8, 4) is 0 Å². The molecule has 1 rings (SSSR count). The first kappa shape index (κ1) is 13.7. The van der Waals surface area contributed by atoms with Crippen LogP contribution in [0, 0.1) is 5.41 Å². The highest BCUT2D eigenvalue weighted by Gasteiger charge is 2.31. The molecule has 3 nitrogen and oxygen atoms in total. The van der Waals surface area contributed by atoms with Gasteiger partial charge in [0.2, 0.25) is 0 Å². The molecule has 0 saturated heterocycles. The van der Waals surface area contributed by atoms with Gasteiger partial charge < -0.3 is 15.4 Å². The van der Waals surface area contributed by atoms with Gasteiger partial charge in [0.25, 0.3) is 0 Å². The highest BCUT2D eigenvalue weighted by molar-refractivity contribution is 7.80. The van der Waals surface area contributed by atoms with Crippen molar-refractivity contribution in [3.05, 3.63) is 0 Å². The van der Waals surface area contributed by atoms with Gasteiger partial charge in [0.05, 0.1) is 0 Å². The zero-order valence-electron chi connectivity index (χ0n) is 10.5. The fourth-order valence-corrected chi connectivity index (χ4v) is 2.01. The van der Waals surface area contributed by atoms with Gasteiger partial charge in [-0.15, -0.1) is 0 Å². The summed E-state index contributed by atoms with van der Waals surface area (Å²) in [6, 6.07) is 0. The summed E-state index contributed by atoms with van der Waals surface area (Å²) < 4.78 is 5.25. The molecule has 2 N–H and O–H groups in total. The second-order valence-electron chi connectivity index (χ2n) is 4.82. The molecule has 0 spiro atoms. The van der Waals surface area contributed by atoms with Crippen LogP contribution in [0.2, 0.25) is 0 Å². The van der Waals surface area contributed by atoms with E-state index in [1.807, 2.05) is 6.92 Å². The highest BCUT2D eigenvalue weighted by Crippen LogP contribution is 2.39. The lowest BCUT2D eigenvalue weighted by Crippen LogP contribution is -2.44. The summed E-state index contributed by atoms with van der Waals surface area (Å²) in [4.78, 5) is 0. The van der Waals surface area contributed by atoms with Crippen LogP contribution in [-0.4, -0.2) is 31.4 Å². The lowest BCUT2D eigenvalue weighted by Gasteiger charge is -2.38. The van der Waals surface area contributed by atoms with Crippen LogP contribution in [0.15, 0.2) is 0 Å². The minimum Gasteiger partial charge on any atom is -0.382 e. The number of ether oxygens (including phenoxy) is 1. The number of hydrogen-bond donors (Lipinski definition) is 2. The first-order valence-corrected chi connectivity index (χ1v) is 6.66. The molecule has 0 unspecified atom stereocenters. The Morgan fingerprint density at radius 3 is 2.69 bits per heavy atom. The minimum absolute atomic E-state index is 0.483. The zero-order valence-corrected chi connectivity index (χ0v) is 11.3. The molecule has 16 heavy (non-hydrogen) atoms. The van der Waals surface area contributed by atoms with Crippen molar-refractivity contribution < 1.29 is 4.74 Å². The standard InChI is InChI=1S/C12H24N2OS/c1-3-15-9-5-8-13-11(16)14-10-12(2)6-4-7-12/h3-10H2,1-2H3,(H2,13,14,16). The molecule has 0 atom stereocenters.